The van der Waals surface area contributed by atoms with Crippen molar-refractivity contribution < 1.29 is 0 Å². The molecule has 0 N–H and O–H groups in total. The Bertz CT molecular complexity index is 52.5. The molecule has 0 aromatic heterocycles. The standard InChI is InChI=1S/C8H16Cl/c1-3-5-6-7-8(9)4-2/h8H,1,3-7H2,2H3. The first-order chi connectivity index (χ1) is 4.31. The lowest BCUT2D eigenvalue weighted by atomic mass is 10.1. The van der Waals surface area contributed by atoms with Crippen LogP contribution in [-0.2, 0) is 0 Å². The number of unbranched alkanes of at least 4 members (excludes halogenated alkanes) is 2. The summed E-state index contributed by atoms with van der Waals surface area (Å²) in [6.45, 7) is 5.89. The van der Waals surface area contributed by atoms with Crippen molar-refractivity contribution in [3.8, 4) is 0 Å². The molecule has 1 atom stereocenters. The van der Waals surface area contributed by atoms with Gasteiger partial charge in [-0.25, -0.2) is 0 Å². The Labute approximate surface area is 63.6 Å². The van der Waals surface area contributed by atoms with Crippen molar-refractivity contribution in [2.75, 3.05) is 0 Å². The summed E-state index contributed by atoms with van der Waals surface area (Å²) in [5.74, 6) is 0. The molecule has 0 aliphatic rings. The van der Waals surface area contributed by atoms with Gasteiger partial charge in [0, 0.05) is 5.38 Å². The Kier molecular flexibility index (Phi) is 6.62. The second-order valence-electron chi connectivity index (χ2n) is 2.35. The van der Waals surface area contributed by atoms with Crippen molar-refractivity contribution in [3.63, 3.8) is 0 Å². The van der Waals surface area contributed by atoms with Gasteiger partial charge in [-0.3, -0.25) is 0 Å². The summed E-state index contributed by atoms with van der Waals surface area (Å²) in [5.41, 5.74) is 0. The molecule has 0 aromatic rings. The van der Waals surface area contributed by atoms with Crippen LogP contribution in [0.3, 0.4) is 0 Å². The topological polar surface area (TPSA) is 0 Å². The molecule has 9 heavy (non-hydrogen) atoms. The normalized spacial score (nSPS) is 13.7. The molecule has 0 spiro atoms. The van der Waals surface area contributed by atoms with Crippen LogP contribution in [-0.4, -0.2) is 5.38 Å². The predicted octanol–water partition coefficient (Wildman–Crippen LogP) is 3.40. The first-order valence-electron chi connectivity index (χ1n) is 3.74. The van der Waals surface area contributed by atoms with Crippen molar-refractivity contribution in [1.82, 2.24) is 0 Å². The lowest BCUT2D eigenvalue weighted by Gasteiger charge is -2.03. The highest BCUT2D eigenvalue weighted by Gasteiger charge is 1.98. The van der Waals surface area contributed by atoms with Gasteiger partial charge in [0.15, 0.2) is 0 Å². The van der Waals surface area contributed by atoms with Gasteiger partial charge in [0.2, 0.25) is 0 Å². The maximum atomic E-state index is 5.88. The Morgan fingerprint density at radius 1 is 1.44 bits per heavy atom. The molecule has 0 saturated heterocycles. The van der Waals surface area contributed by atoms with E-state index in [1.54, 1.807) is 0 Å². The number of hydrogen-bond donors (Lipinski definition) is 0. The molecule has 0 amide bonds. The number of alkyl halides is 1. The number of rotatable bonds is 5. The van der Waals surface area contributed by atoms with E-state index in [0.29, 0.717) is 5.38 Å². The van der Waals surface area contributed by atoms with Gasteiger partial charge in [-0.2, -0.15) is 0 Å². The van der Waals surface area contributed by atoms with Crippen LogP contribution in [0.5, 0.6) is 0 Å². The molecule has 0 aliphatic carbocycles. The van der Waals surface area contributed by atoms with Gasteiger partial charge in [-0.1, -0.05) is 33.1 Å². The van der Waals surface area contributed by atoms with Gasteiger partial charge in [-0.05, 0) is 12.8 Å². The smallest absolute Gasteiger partial charge is 0.0333 e. The number of halogens is 1. The predicted molar refractivity (Wildman–Crippen MR) is 43.8 cm³/mol. The minimum Gasteiger partial charge on any atom is -0.123 e. The molecule has 0 bridgehead atoms. The van der Waals surface area contributed by atoms with Crippen molar-refractivity contribution in [1.29, 1.82) is 0 Å². The molecule has 55 valence electrons. The highest BCUT2D eigenvalue weighted by Crippen LogP contribution is 2.11. The van der Waals surface area contributed by atoms with E-state index >= 15 is 0 Å². The zero-order chi connectivity index (χ0) is 7.11. The summed E-state index contributed by atoms with van der Waals surface area (Å²) in [6, 6.07) is 0. The maximum absolute atomic E-state index is 5.88. The van der Waals surface area contributed by atoms with Crippen molar-refractivity contribution in [2.24, 2.45) is 0 Å². The van der Waals surface area contributed by atoms with Gasteiger partial charge in [0.25, 0.3) is 0 Å². The van der Waals surface area contributed by atoms with Crippen molar-refractivity contribution in [3.05, 3.63) is 6.92 Å². The molecule has 0 saturated carbocycles. The highest BCUT2D eigenvalue weighted by atomic mass is 35.5. The SMILES string of the molecule is [CH2]CCCCC(Cl)CC. The number of hydrogen-bond acceptors (Lipinski definition) is 0. The van der Waals surface area contributed by atoms with Gasteiger partial charge in [0.1, 0.15) is 0 Å². The van der Waals surface area contributed by atoms with E-state index < -0.39 is 0 Å². The molecule has 1 heteroatoms. The summed E-state index contributed by atoms with van der Waals surface area (Å²) < 4.78 is 0. The minimum atomic E-state index is 0.400. The minimum absolute atomic E-state index is 0.400. The molecule has 0 nitrogen and oxygen atoms in total. The average Bonchev–Trinajstić information content (AvgIpc) is 1.89. The van der Waals surface area contributed by atoms with E-state index in [1.165, 1.54) is 12.8 Å². The van der Waals surface area contributed by atoms with Gasteiger partial charge >= 0.3 is 0 Å². The molecule has 1 radical (unpaired) electrons. The average molecular weight is 148 g/mol. The van der Waals surface area contributed by atoms with E-state index in [1.807, 2.05) is 0 Å². The molecule has 0 heterocycles. The summed E-state index contributed by atoms with van der Waals surface area (Å²) in [5, 5.41) is 0.400. The first kappa shape index (κ1) is 9.29. The van der Waals surface area contributed by atoms with Crippen LogP contribution in [0, 0.1) is 6.92 Å². The summed E-state index contributed by atoms with van der Waals surface area (Å²) in [4.78, 5) is 0. The zero-order valence-electron chi connectivity index (χ0n) is 6.20. The quantitative estimate of drug-likeness (QED) is 0.413. The van der Waals surface area contributed by atoms with Crippen LogP contribution < -0.4 is 0 Å². The molecular formula is C8H16Cl. The molecular weight excluding hydrogens is 132 g/mol. The fourth-order valence-corrected chi connectivity index (χ4v) is 0.901. The third-order valence-corrected chi connectivity index (χ3v) is 1.99. The molecule has 0 rings (SSSR count). The Morgan fingerprint density at radius 2 is 2.11 bits per heavy atom. The van der Waals surface area contributed by atoms with Gasteiger partial charge in [0.05, 0.1) is 0 Å². The summed E-state index contributed by atoms with van der Waals surface area (Å²) in [6.07, 6.45) is 5.77. The Hall–Kier alpha value is 0.290. The van der Waals surface area contributed by atoms with Crippen LogP contribution in [0.15, 0.2) is 0 Å². The van der Waals surface area contributed by atoms with Crippen molar-refractivity contribution >= 4 is 11.6 Å². The maximum Gasteiger partial charge on any atom is 0.0333 e. The first-order valence-corrected chi connectivity index (χ1v) is 4.18. The summed E-state index contributed by atoms with van der Waals surface area (Å²) in [7, 11) is 0. The summed E-state index contributed by atoms with van der Waals surface area (Å²) >= 11 is 5.88. The fraction of sp³-hybridized carbons (Fsp3) is 0.875. The second-order valence-corrected chi connectivity index (χ2v) is 2.97. The lowest BCUT2D eigenvalue weighted by Crippen LogP contribution is -1.94. The van der Waals surface area contributed by atoms with Crippen LogP contribution in [0.1, 0.15) is 39.0 Å². The van der Waals surface area contributed by atoms with E-state index in [4.69, 9.17) is 11.6 Å². The molecule has 1 unspecified atom stereocenters. The van der Waals surface area contributed by atoms with E-state index in [2.05, 4.69) is 13.8 Å². The van der Waals surface area contributed by atoms with Crippen LogP contribution in [0.2, 0.25) is 0 Å². The van der Waals surface area contributed by atoms with Crippen LogP contribution in [0.4, 0.5) is 0 Å². The van der Waals surface area contributed by atoms with Crippen molar-refractivity contribution in [2.45, 2.75) is 44.4 Å². The lowest BCUT2D eigenvalue weighted by molar-refractivity contribution is 0.643. The van der Waals surface area contributed by atoms with Gasteiger partial charge in [-0.15, -0.1) is 11.6 Å². The zero-order valence-corrected chi connectivity index (χ0v) is 6.95. The van der Waals surface area contributed by atoms with E-state index in [-0.39, 0.29) is 0 Å². The Balaban J connectivity index is 2.88. The third-order valence-electron chi connectivity index (χ3n) is 1.46. The van der Waals surface area contributed by atoms with Crippen LogP contribution >= 0.6 is 11.6 Å². The van der Waals surface area contributed by atoms with E-state index in [0.717, 1.165) is 19.3 Å². The monoisotopic (exact) mass is 147 g/mol. The largest absolute Gasteiger partial charge is 0.123 e. The van der Waals surface area contributed by atoms with Crippen LogP contribution in [0.25, 0.3) is 0 Å². The third kappa shape index (κ3) is 6.17. The van der Waals surface area contributed by atoms with E-state index in [9.17, 15) is 0 Å². The van der Waals surface area contributed by atoms with Gasteiger partial charge < -0.3 is 0 Å². The molecule has 0 aromatic carbocycles. The second kappa shape index (κ2) is 6.41. The fourth-order valence-electron chi connectivity index (χ4n) is 0.747. The Morgan fingerprint density at radius 3 is 2.56 bits per heavy atom. The molecule has 0 aliphatic heterocycles. The highest BCUT2D eigenvalue weighted by molar-refractivity contribution is 6.20. The molecule has 0 fully saturated rings.